The minimum absolute atomic E-state index is 0.0406. The summed E-state index contributed by atoms with van der Waals surface area (Å²) in [5.74, 6) is -0.815. The Balaban J connectivity index is 2.07. The predicted molar refractivity (Wildman–Crippen MR) is 69.6 cm³/mol. The lowest BCUT2D eigenvalue weighted by molar-refractivity contribution is 0.0950. The van der Waals surface area contributed by atoms with E-state index in [1.54, 1.807) is 12.1 Å². The summed E-state index contributed by atoms with van der Waals surface area (Å²) in [6.07, 6.45) is 0. The molecule has 0 atom stereocenters. The van der Waals surface area contributed by atoms with Crippen LogP contribution in [0.1, 0.15) is 15.9 Å². The average molecular weight is 300 g/mol. The van der Waals surface area contributed by atoms with Gasteiger partial charge in [0.05, 0.1) is 5.56 Å². The first kappa shape index (κ1) is 13.7. The van der Waals surface area contributed by atoms with Crippen molar-refractivity contribution in [1.82, 2.24) is 15.5 Å². The van der Waals surface area contributed by atoms with Crippen LogP contribution in [0.2, 0.25) is 10.3 Å². The predicted octanol–water partition coefficient (Wildman–Crippen LogP) is 2.85. The van der Waals surface area contributed by atoms with Crippen molar-refractivity contribution < 1.29 is 9.18 Å². The van der Waals surface area contributed by atoms with Gasteiger partial charge in [0.1, 0.15) is 5.82 Å². The Hall–Kier alpha value is -1.72. The molecule has 1 aromatic carbocycles. The van der Waals surface area contributed by atoms with Gasteiger partial charge in [0.2, 0.25) is 0 Å². The zero-order chi connectivity index (χ0) is 13.8. The molecule has 1 aromatic heterocycles. The molecule has 1 heterocycles. The highest BCUT2D eigenvalue weighted by molar-refractivity contribution is 6.34. The fourth-order valence-electron chi connectivity index (χ4n) is 1.44. The second kappa shape index (κ2) is 5.95. The molecule has 2 rings (SSSR count). The van der Waals surface area contributed by atoms with Crippen LogP contribution in [0.5, 0.6) is 0 Å². The Kier molecular flexibility index (Phi) is 4.29. The van der Waals surface area contributed by atoms with E-state index in [1.807, 2.05) is 0 Å². The van der Waals surface area contributed by atoms with E-state index < -0.39 is 5.91 Å². The number of hydrogen-bond donors (Lipinski definition) is 1. The van der Waals surface area contributed by atoms with E-state index in [0.29, 0.717) is 5.56 Å². The summed E-state index contributed by atoms with van der Waals surface area (Å²) < 4.78 is 13.0. The van der Waals surface area contributed by atoms with E-state index in [0.717, 1.165) is 0 Å². The number of halogens is 3. The summed E-state index contributed by atoms with van der Waals surface area (Å²) >= 11 is 11.4. The number of rotatable bonds is 3. The van der Waals surface area contributed by atoms with Gasteiger partial charge in [-0.15, -0.1) is 10.2 Å². The Morgan fingerprint density at radius 2 is 2.05 bits per heavy atom. The van der Waals surface area contributed by atoms with Gasteiger partial charge >= 0.3 is 0 Å². The van der Waals surface area contributed by atoms with Crippen molar-refractivity contribution in [2.75, 3.05) is 0 Å². The van der Waals surface area contributed by atoms with Gasteiger partial charge in [0.15, 0.2) is 10.3 Å². The van der Waals surface area contributed by atoms with Crippen molar-refractivity contribution in [3.63, 3.8) is 0 Å². The lowest BCUT2D eigenvalue weighted by atomic mass is 10.2. The molecule has 0 aliphatic carbocycles. The van der Waals surface area contributed by atoms with E-state index in [1.165, 1.54) is 18.2 Å². The summed E-state index contributed by atoms with van der Waals surface area (Å²) in [5, 5.41) is 9.66. The largest absolute Gasteiger partial charge is 0.348 e. The first-order valence-electron chi connectivity index (χ1n) is 5.27. The molecule has 4 nitrogen and oxygen atoms in total. The fourth-order valence-corrected chi connectivity index (χ4v) is 1.76. The number of hydrogen-bond acceptors (Lipinski definition) is 3. The highest BCUT2D eigenvalue weighted by Gasteiger charge is 2.12. The average Bonchev–Trinajstić information content (AvgIpc) is 2.39. The van der Waals surface area contributed by atoms with E-state index in [2.05, 4.69) is 15.5 Å². The number of nitrogens with one attached hydrogen (secondary N) is 1. The van der Waals surface area contributed by atoms with Gasteiger partial charge in [0.25, 0.3) is 5.91 Å². The van der Waals surface area contributed by atoms with Crippen LogP contribution in [0.3, 0.4) is 0 Å². The van der Waals surface area contributed by atoms with Crippen LogP contribution < -0.4 is 5.32 Å². The number of carbonyl (C=O) groups is 1. The van der Waals surface area contributed by atoms with Crippen molar-refractivity contribution in [3.8, 4) is 0 Å². The van der Waals surface area contributed by atoms with Crippen molar-refractivity contribution in [1.29, 1.82) is 0 Å². The minimum Gasteiger partial charge on any atom is -0.348 e. The van der Waals surface area contributed by atoms with Crippen LogP contribution in [0.25, 0.3) is 0 Å². The first-order chi connectivity index (χ1) is 9.06. The SMILES string of the molecule is O=C(NCc1cccc(F)c1)c1cc(Cl)nnc1Cl. The molecule has 7 heteroatoms. The third kappa shape index (κ3) is 3.62. The summed E-state index contributed by atoms with van der Waals surface area (Å²) in [6.45, 7) is 0.173. The van der Waals surface area contributed by atoms with Gasteiger partial charge in [-0.25, -0.2) is 4.39 Å². The smallest absolute Gasteiger partial charge is 0.254 e. The van der Waals surface area contributed by atoms with Gasteiger partial charge in [0, 0.05) is 6.54 Å². The molecule has 98 valence electrons. The second-order valence-electron chi connectivity index (χ2n) is 3.68. The molecule has 0 aliphatic heterocycles. The van der Waals surface area contributed by atoms with Crippen LogP contribution in [0.4, 0.5) is 4.39 Å². The van der Waals surface area contributed by atoms with Gasteiger partial charge in [-0.1, -0.05) is 35.3 Å². The maximum Gasteiger partial charge on any atom is 0.254 e. The molecule has 1 amide bonds. The van der Waals surface area contributed by atoms with Gasteiger partial charge in [-0.3, -0.25) is 4.79 Å². The third-order valence-corrected chi connectivity index (χ3v) is 2.77. The summed E-state index contributed by atoms with van der Waals surface area (Å²) in [4.78, 5) is 11.9. The van der Waals surface area contributed by atoms with E-state index in [9.17, 15) is 9.18 Å². The molecule has 19 heavy (non-hydrogen) atoms. The molecule has 0 radical (unpaired) electrons. The first-order valence-corrected chi connectivity index (χ1v) is 6.03. The molecule has 0 fully saturated rings. The third-order valence-electron chi connectivity index (χ3n) is 2.31. The maximum absolute atomic E-state index is 13.0. The minimum atomic E-state index is -0.453. The molecule has 0 saturated heterocycles. The zero-order valence-electron chi connectivity index (χ0n) is 9.53. The van der Waals surface area contributed by atoms with Crippen LogP contribution in [-0.2, 0) is 6.54 Å². The van der Waals surface area contributed by atoms with Crippen LogP contribution in [-0.4, -0.2) is 16.1 Å². The van der Waals surface area contributed by atoms with Crippen LogP contribution in [0.15, 0.2) is 30.3 Å². The number of aromatic nitrogens is 2. The van der Waals surface area contributed by atoms with Gasteiger partial charge < -0.3 is 5.32 Å². The highest BCUT2D eigenvalue weighted by Crippen LogP contribution is 2.15. The molecular formula is C12H8Cl2FN3O. The quantitative estimate of drug-likeness (QED) is 0.948. The van der Waals surface area contributed by atoms with Crippen molar-refractivity contribution in [2.45, 2.75) is 6.54 Å². The molecule has 0 spiro atoms. The van der Waals surface area contributed by atoms with Crippen molar-refractivity contribution in [3.05, 3.63) is 57.6 Å². The van der Waals surface area contributed by atoms with Crippen molar-refractivity contribution in [2.24, 2.45) is 0 Å². The molecule has 1 N–H and O–H groups in total. The van der Waals surface area contributed by atoms with E-state index in [4.69, 9.17) is 23.2 Å². The normalized spacial score (nSPS) is 10.3. The number of benzene rings is 1. The van der Waals surface area contributed by atoms with Gasteiger partial charge in [-0.05, 0) is 23.8 Å². The zero-order valence-corrected chi connectivity index (χ0v) is 11.0. The number of amides is 1. The summed E-state index contributed by atoms with van der Waals surface area (Å²) in [6, 6.07) is 7.24. The highest BCUT2D eigenvalue weighted by atomic mass is 35.5. The molecule has 0 bridgehead atoms. The van der Waals surface area contributed by atoms with Crippen LogP contribution >= 0.6 is 23.2 Å². The number of nitrogens with zero attached hydrogens (tertiary/aromatic N) is 2. The van der Waals surface area contributed by atoms with E-state index in [-0.39, 0.29) is 28.2 Å². The molecule has 2 aromatic rings. The Bertz CT molecular complexity index is 622. The molecule has 0 aliphatic rings. The monoisotopic (exact) mass is 299 g/mol. The second-order valence-corrected chi connectivity index (χ2v) is 4.43. The molecule has 0 saturated carbocycles. The topological polar surface area (TPSA) is 54.9 Å². The molecule has 0 unspecified atom stereocenters. The Labute approximate surface area is 118 Å². The van der Waals surface area contributed by atoms with E-state index >= 15 is 0 Å². The van der Waals surface area contributed by atoms with Crippen LogP contribution in [0, 0.1) is 5.82 Å². The fraction of sp³-hybridized carbons (Fsp3) is 0.0833. The number of carbonyl (C=O) groups excluding carboxylic acids is 1. The summed E-state index contributed by atoms with van der Waals surface area (Å²) in [5.41, 5.74) is 0.760. The Morgan fingerprint density at radius 1 is 1.26 bits per heavy atom. The lowest BCUT2D eigenvalue weighted by Crippen LogP contribution is -2.23. The summed E-state index contributed by atoms with van der Waals surface area (Å²) in [7, 11) is 0. The van der Waals surface area contributed by atoms with Crippen molar-refractivity contribution >= 4 is 29.1 Å². The molecular weight excluding hydrogens is 292 g/mol. The standard InChI is InChI=1S/C12H8Cl2FN3O/c13-10-5-9(11(14)18-17-10)12(19)16-6-7-2-1-3-8(15)4-7/h1-5H,6H2,(H,16,19). The lowest BCUT2D eigenvalue weighted by Gasteiger charge is -2.06. The van der Waals surface area contributed by atoms with Gasteiger partial charge in [-0.2, -0.15) is 0 Å². The maximum atomic E-state index is 13.0. The Morgan fingerprint density at radius 3 is 2.79 bits per heavy atom.